The number of nitrogens with zero attached hydrogens (tertiary/aromatic N) is 1. The number of hydrogen-bond acceptors (Lipinski definition) is 4. The van der Waals surface area contributed by atoms with Gasteiger partial charge in [-0.2, -0.15) is 0 Å². The first-order valence-electron chi connectivity index (χ1n) is 8.43. The second-order valence-electron chi connectivity index (χ2n) is 6.02. The van der Waals surface area contributed by atoms with E-state index in [9.17, 15) is 4.79 Å². The Morgan fingerprint density at radius 3 is 2.11 bits per heavy atom. The first-order valence-corrected chi connectivity index (χ1v) is 10.9. The number of nitrogens with one attached hydrogen (secondary N) is 1. The summed E-state index contributed by atoms with van der Waals surface area (Å²) in [7, 11) is 0. The molecule has 0 aliphatic carbocycles. The van der Waals surface area contributed by atoms with Gasteiger partial charge in [-0.1, -0.05) is 83.9 Å². The van der Waals surface area contributed by atoms with Gasteiger partial charge in [0, 0.05) is 10.9 Å². The molecule has 1 N–H and O–H groups in total. The van der Waals surface area contributed by atoms with Gasteiger partial charge in [-0.05, 0) is 17.2 Å². The fourth-order valence-corrected chi connectivity index (χ4v) is 5.13. The minimum Gasteiger partial charge on any atom is -0.301 e. The average Bonchev–Trinajstić information content (AvgIpc) is 3.29. The van der Waals surface area contributed by atoms with E-state index in [1.54, 1.807) is 6.07 Å². The van der Waals surface area contributed by atoms with Crippen molar-refractivity contribution in [1.29, 1.82) is 0 Å². The SMILES string of the molecule is O=C(Nc1nc(-c2cc(Cl)sc2Cl)cs1)C(c1ccccc1)c1ccccc1. The number of carbonyl (C=O) groups is 1. The van der Waals surface area contributed by atoms with Gasteiger partial charge >= 0.3 is 0 Å². The fourth-order valence-electron chi connectivity index (χ4n) is 2.93. The van der Waals surface area contributed by atoms with Gasteiger partial charge in [-0.25, -0.2) is 4.98 Å². The van der Waals surface area contributed by atoms with E-state index < -0.39 is 5.92 Å². The Morgan fingerprint density at radius 2 is 1.57 bits per heavy atom. The molecule has 0 radical (unpaired) electrons. The molecule has 0 fully saturated rings. The van der Waals surface area contributed by atoms with Crippen LogP contribution >= 0.6 is 45.9 Å². The first kappa shape index (κ1) is 19.2. The quantitative estimate of drug-likeness (QED) is 0.361. The lowest BCUT2D eigenvalue weighted by atomic mass is 9.90. The second kappa shape index (κ2) is 8.45. The highest BCUT2D eigenvalue weighted by Gasteiger charge is 2.23. The van der Waals surface area contributed by atoms with Crippen LogP contribution in [0.3, 0.4) is 0 Å². The molecule has 1 amide bonds. The number of carbonyl (C=O) groups excluding carboxylic acids is 1. The molecule has 2 aromatic heterocycles. The zero-order valence-corrected chi connectivity index (χ0v) is 17.6. The molecule has 0 bridgehead atoms. The molecule has 0 aliphatic rings. The smallest absolute Gasteiger partial charge is 0.238 e. The minimum absolute atomic E-state index is 0.132. The summed E-state index contributed by atoms with van der Waals surface area (Å²) in [6.07, 6.45) is 0. The van der Waals surface area contributed by atoms with Crippen LogP contribution < -0.4 is 5.32 Å². The molecule has 0 aliphatic heterocycles. The van der Waals surface area contributed by atoms with E-state index in [1.165, 1.54) is 22.7 Å². The van der Waals surface area contributed by atoms with Crippen molar-refractivity contribution in [1.82, 2.24) is 4.98 Å². The lowest BCUT2D eigenvalue weighted by Gasteiger charge is -2.17. The second-order valence-corrected chi connectivity index (χ2v) is 9.16. The van der Waals surface area contributed by atoms with Crippen LogP contribution in [0, 0.1) is 0 Å². The molecule has 0 saturated heterocycles. The Hall–Kier alpha value is -2.18. The first-order chi connectivity index (χ1) is 13.6. The zero-order chi connectivity index (χ0) is 19.5. The maximum absolute atomic E-state index is 13.1. The van der Waals surface area contributed by atoms with Gasteiger partial charge in [0.25, 0.3) is 0 Å². The van der Waals surface area contributed by atoms with Gasteiger partial charge < -0.3 is 5.32 Å². The number of thiazole rings is 1. The van der Waals surface area contributed by atoms with Crippen molar-refractivity contribution in [2.24, 2.45) is 0 Å². The number of hydrogen-bond donors (Lipinski definition) is 1. The maximum Gasteiger partial charge on any atom is 0.238 e. The summed E-state index contributed by atoms with van der Waals surface area (Å²) in [5, 5.41) is 5.34. The minimum atomic E-state index is -0.422. The summed E-state index contributed by atoms with van der Waals surface area (Å²) in [6, 6.07) is 21.2. The van der Waals surface area contributed by atoms with Crippen molar-refractivity contribution in [3.8, 4) is 11.3 Å². The highest BCUT2D eigenvalue weighted by molar-refractivity contribution is 7.20. The lowest BCUT2D eigenvalue weighted by molar-refractivity contribution is -0.116. The van der Waals surface area contributed by atoms with Gasteiger partial charge in [0.05, 0.1) is 15.9 Å². The zero-order valence-electron chi connectivity index (χ0n) is 14.4. The fraction of sp³-hybridized carbons (Fsp3) is 0.0476. The third-order valence-corrected chi connectivity index (χ3v) is 6.44. The standard InChI is InChI=1S/C21H14Cl2N2OS2/c22-17-11-15(19(23)28-17)16-12-27-21(24-16)25-20(26)18(13-7-3-1-4-8-13)14-9-5-2-6-10-14/h1-12,18H,(H,24,25,26). The Balaban J connectivity index is 1.61. The van der Waals surface area contributed by atoms with E-state index in [4.69, 9.17) is 23.2 Å². The van der Waals surface area contributed by atoms with E-state index >= 15 is 0 Å². The third kappa shape index (κ3) is 4.13. The van der Waals surface area contributed by atoms with Crippen LogP contribution in [0.5, 0.6) is 0 Å². The summed E-state index contributed by atoms with van der Waals surface area (Å²) in [6.45, 7) is 0. The molecule has 28 heavy (non-hydrogen) atoms. The molecule has 0 unspecified atom stereocenters. The highest BCUT2D eigenvalue weighted by atomic mass is 35.5. The number of amides is 1. The number of aromatic nitrogens is 1. The van der Waals surface area contributed by atoms with Crippen molar-refractivity contribution in [2.45, 2.75) is 5.92 Å². The van der Waals surface area contributed by atoms with Crippen molar-refractivity contribution in [2.75, 3.05) is 5.32 Å². The maximum atomic E-state index is 13.1. The predicted octanol–water partition coefficient (Wildman–Crippen LogP) is 6.95. The number of rotatable bonds is 5. The summed E-state index contributed by atoms with van der Waals surface area (Å²) >= 11 is 14.9. The predicted molar refractivity (Wildman–Crippen MR) is 119 cm³/mol. The monoisotopic (exact) mass is 444 g/mol. The van der Waals surface area contributed by atoms with Crippen LogP contribution in [0.15, 0.2) is 72.1 Å². The summed E-state index contributed by atoms with van der Waals surface area (Å²) < 4.78 is 1.19. The Bertz CT molecular complexity index is 1050. The molecular formula is C21H14Cl2N2OS2. The molecule has 4 aromatic rings. The lowest BCUT2D eigenvalue weighted by Crippen LogP contribution is -2.22. The van der Waals surface area contributed by atoms with Crippen molar-refractivity contribution in [3.63, 3.8) is 0 Å². The van der Waals surface area contributed by atoms with Crippen LogP contribution in [0.25, 0.3) is 11.3 Å². The van der Waals surface area contributed by atoms with E-state index in [1.807, 2.05) is 66.0 Å². The summed E-state index contributed by atoms with van der Waals surface area (Å²) in [4.78, 5) is 17.7. The topological polar surface area (TPSA) is 42.0 Å². The Kier molecular flexibility index (Phi) is 5.78. The van der Waals surface area contributed by atoms with Gasteiger partial charge in [0.1, 0.15) is 4.34 Å². The van der Waals surface area contributed by atoms with Gasteiger partial charge in [-0.15, -0.1) is 22.7 Å². The molecular weight excluding hydrogens is 431 g/mol. The Labute approximate surface area is 180 Å². The van der Waals surface area contributed by atoms with Crippen LogP contribution in [0.4, 0.5) is 5.13 Å². The molecule has 0 atom stereocenters. The van der Waals surface area contributed by atoms with Crippen LogP contribution in [-0.2, 0) is 4.79 Å². The molecule has 3 nitrogen and oxygen atoms in total. The highest BCUT2D eigenvalue weighted by Crippen LogP contribution is 2.39. The third-order valence-electron chi connectivity index (χ3n) is 4.19. The summed E-state index contributed by atoms with van der Waals surface area (Å²) in [5.74, 6) is -0.554. The molecule has 0 saturated carbocycles. The molecule has 0 spiro atoms. The molecule has 7 heteroatoms. The number of benzene rings is 2. The van der Waals surface area contributed by atoms with Crippen molar-refractivity contribution >= 4 is 56.9 Å². The van der Waals surface area contributed by atoms with E-state index in [0.29, 0.717) is 19.5 Å². The van der Waals surface area contributed by atoms with Crippen LogP contribution in [-0.4, -0.2) is 10.9 Å². The molecule has 140 valence electrons. The molecule has 2 heterocycles. The van der Waals surface area contributed by atoms with Crippen LogP contribution in [0.1, 0.15) is 17.0 Å². The van der Waals surface area contributed by atoms with E-state index in [0.717, 1.165) is 16.7 Å². The summed E-state index contributed by atoms with van der Waals surface area (Å²) in [5.41, 5.74) is 3.33. The largest absolute Gasteiger partial charge is 0.301 e. The van der Waals surface area contributed by atoms with E-state index in [-0.39, 0.29) is 5.91 Å². The van der Waals surface area contributed by atoms with Crippen molar-refractivity contribution < 1.29 is 4.79 Å². The normalized spacial score (nSPS) is 11.0. The van der Waals surface area contributed by atoms with E-state index in [2.05, 4.69) is 10.3 Å². The van der Waals surface area contributed by atoms with Crippen molar-refractivity contribution in [3.05, 3.63) is 91.9 Å². The number of thiophene rings is 1. The van der Waals surface area contributed by atoms with Gasteiger partial charge in [-0.3, -0.25) is 4.79 Å². The molecule has 2 aromatic carbocycles. The van der Waals surface area contributed by atoms with Gasteiger partial charge in [0.15, 0.2) is 5.13 Å². The number of halogens is 2. The Morgan fingerprint density at radius 1 is 0.964 bits per heavy atom. The number of anilines is 1. The van der Waals surface area contributed by atoms with Crippen LogP contribution in [0.2, 0.25) is 8.67 Å². The van der Waals surface area contributed by atoms with Gasteiger partial charge in [0.2, 0.25) is 5.91 Å². The average molecular weight is 445 g/mol. The molecule has 4 rings (SSSR count).